The van der Waals surface area contributed by atoms with Crippen LogP contribution in [-0.2, 0) is 10.8 Å². The van der Waals surface area contributed by atoms with E-state index in [0.717, 1.165) is 17.8 Å². The third kappa shape index (κ3) is 9.50. The summed E-state index contributed by atoms with van der Waals surface area (Å²) in [5.41, 5.74) is 7.91. The maximum atomic E-state index is 2.49. The van der Waals surface area contributed by atoms with Crippen molar-refractivity contribution in [3.05, 3.63) is 64.8 Å². The van der Waals surface area contributed by atoms with Crippen LogP contribution in [0.1, 0.15) is 164 Å². The molecule has 0 heterocycles. The van der Waals surface area contributed by atoms with Gasteiger partial charge in [0.15, 0.2) is 0 Å². The molecule has 0 N–H and O–H groups in total. The summed E-state index contributed by atoms with van der Waals surface area (Å²) in [6, 6.07) is 7.26. The molecule has 0 bridgehead atoms. The summed E-state index contributed by atoms with van der Waals surface area (Å²) < 4.78 is 0. The van der Waals surface area contributed by atoms with Crippen molar-refractivity contribution in [2.45, 2.75) is 157 Å². The minimum atomic E-state index is 0. The first-order valence-corrected chi connectivity index (χ1v) is 16.8. The topological polar surface area (TPSA) is 0 Å². The second-order valence-corrected chi connectivity index (χ2v) is 13.8. The molecule has 1 saturated carbocycles. The van der Waals surface area contributed by atoms with Crippen molar-refractivity contribution in [3.8, 4) is 0 Å². The molecule has 2 aliphatic carbocycles. The Balaban J connectivity index is 0.00000261. The molecule has 0 radical (unpaired) electrons. The molecule has 0 saturated heterocycles. The maximum absolute atomic E-state index is 2.49. The van der Waals surface area contributed by atoms with Gasteiger partial charge in [-0.3, -0.25) is 0 Å². The quantitative estimate of drug-likeness (QED) is 0.207. The average Bonchev–Trinajstić information content (AvgIpc) is 3.18. The van der Waals surface area contributed by atoms with Crippen LogP contribution in [0.3, 0.4) is 0 Å². The molecule has 3 atom stereocenters. The highest BCUT2D eigenvalue weighted by Crippen LogP contribution is 2.46. The first-order valence-electron chi connectivity index (χ1n) is 16.8. The molecule has 222 valence electrons. The van der Waals surface area contributed by atoms with E-state index in [1.54, 1.807) is 16.7 Å². The Morgan fingerprint density at radius 1 is 0.949 bits per heavy atom. The zero-order valence-corrected chi connectivity index (χ0v) is 27.8. The van der Waals surface area contributed by atoms with Crippen LogP contribution in [0.2, 0.25) is 0 Å². The van der Waals surface area contributed by atoms with E-state index in [2.05, 4.69) is 97.9 Å². The molecule has 0 amide bonds. The lowest BCUT2D eigenvalue weighted by Crippen LogP contribution is -2.33. The molecule has 2 unspecified atom stereocenters. The van der Waals surface area contributed by atoms with E-state index in [9.17, 15) is 0 Å². The van der Waals surface area contributed by atoms with E-state index in [-0.39, 0.29) is 12.3 Å². The highest BCUT2D eigenvalue weighted by molar-refractivity contribution is 5.75. The van der Waals surface area contributed by atoms with Gasteiger partial charge in [0.05, 0.1) is 0 Å². The van der Waals surface area contributed by atoms with Crippen LogP contribution in [0.15, 0.2) is 48.1 Å². The van der Waals surface area contributed by atoms with Crippen molar-refractivity contribution in [1.82, 2.24) is 0 Å². The average molecular weight is 535 g/mol. The Morgan fingerprint density at radius 2 is 1.64 bits per heavy atom. The molecule has 39 heavy (non-hydrogen) atoms. The number of hydrogen-bond acceptors (Lipinski definition) is 0. The van der Waals surface area contributed by atoms with Crippen LogP contribution in [0.4, 0.5) is 0 Å². The van der Waals surface area contributed by atoms with Crippen molar-refractivity contribution in [2.24, 2.45) is 17.8 Å². The number of rotatable bonds is 10. The molecule has 0 spiro atoms. The standard InChI is InChI=1S/C37H58.C2H6.H2/c1-9-14-29(10-2)19-20-30-16-13-18-32(22-21-30)28(4)15-12-17-31(11-3)33-23-24-34-35(27-33)37(7,8)26-25-36(34,5)6;1-2;/h11-12,15,17,23-24,27,29-30,32H,9-10,13-14,16,18-22,25-26H2,1-8H3;1-2H3;1H/b17-12-,28-15+,31-11-;;/t29-,30?,32?;;/m0../s1. The van der Waals surface area contributed by atoms with Crippen LogP contribution in [0.25, 0.3) is 5.57 Å². The summed E-state index contributed by atoms with van der Waals surface area (Å²) in [6.07, 6.45) is 26.0. The predicted octanol–water partition coefficient (Wildman–Crippen LogP) is 13.0. The minimum absolute atomic E-state index is 0. The highest BCUT2D eigenvalue weighted by atomic mass is 14.4. The summed E-state index contributed by atoms with van der Waals surface area (Å²) in [5.74, 6) is 2.70. The van der Waals surface area contributed by atoms with Gasteiger partial charge in [0.2, 0.25) is 0 Å². The third-order valence-electron chi connectivity index (χ3n) is 10.1. The van der Waals surface area contributed by atoms with Gasteiger partial charge >= 0.3 is 0 Å². The normalized spacial score (nSPS) is 23.9. The summed E-state index contributed by atoms with van der Waals surface area (Å²) in [5, 5.41) is 0. The lowest BCUT2D eigenvalue weighted by atomic mass is 9.63. The van der Waals surface area contributed by atoms with Gasteiger partial charge in [0, 0.05) is 1.43 Å². The molecule has 2 aliphatic rings. The fraction of sp³-hybridized carbons (Fsp3) is 0.692. The number of hydrogen-bond donors (Lipinski definition) is 0. The Bertz CT molecular complexity index is 957. The maximum Gasteiger partial charge on any atom is 0 e. The Morgan fingerprint density at radius 3 is 2.28 bits per heavy atom. The fourth-order valence-electron chi connectivity index (χ4n) is 7.12. The number of fused-ring (bicyclic) bond motifs is 1. The summed E-state index contributed by atoms with van der Waals surface area (Å²) in [7, 11) is 0. The van der Waals surface area contributed by atoms with E-state index < -0.39 is 0 Å². The van der Waals surface area contributed by atoms with E-state index in [1.807, 2.05) is 13.8 Å². The molecular weight excluding hydrogens is 468 g/mol. The number of allylic oxidation sites excluding steroid dienone is 6. The van der Waals surface area contributed by atoms with Gasteiger partial charge in [-0.05, 0) is 96.8 Å². The Hall–Kier alpha value is -1.56. The van der Waals surface area contributed by atoms with Gasteiger partial charge in [-0.15, -0.1) is 0 Å². The summed E-state index contributed by atoms with van der Waals surface area (Å²) >= 11 is 0. The molecule has 0 heteroatoms. The second kappa shape index (κ2) is 16.0. The summed E-state index contributed by atoms with van der Waals surface area (Å²) in [4.78, 5) is 0. The van der Waals surface area contributed by atoms with Crippen LogP contribution >= 0.6 is 0 Å². The van der Waals surface area contributed by atoms with Crippen LogP contribution in [0, 0.1) is 17.8 Å². The van der Waals surface area contributed by atoms with Gasteiger partial charge in [-0.1, -0.05) is 148 Å². The van der Waals surface area contributed by atoms with Crippen molar-refractivity contribution >= 4 is 5.57 Å². The first kappa shape index (κ1) is 33.6. The van der Waals surface area contributed by atoms with Gasteiger partial charge in [0.1, 0.15) is 0 Å². The summed E-state index contributed by atoms with van der Waals surface area (Å²) in [6.45, 7) is 23.0. The predicted molar refractivity (Wildman–Crippen MR) is 180 cm³/mol. The second-order valence-electron chi connectivity index (χ2n) is 13.8. The molecule has 0 aromatic heterocycles. The lowest BCUT2D eigenvalue weighted by Gasteiger charge is -2.42. The Kier molecular flexibility index (Phi) is 13.8. The van der Waals surface area contributed by atoms with E-state index in [0.29, 0.717) is 0 Å². The number of benzene rings is 1. The molecule has 1 fully saturated rings. The zero-order valence-electron chi connectivity index (χ0n) is 27.8. The highest BCUT2D eigenvalue weighted by Gasteiger charge is 2.37. The van der Waals surface area contributed by atoms with Crippen molar-refractivity contribution in [2.75, 3.05) is 0 Å². The fourth-order valence-corrected chi connectivity index (χ4v) is 7.12. The smallest absolute Gasteiger partial charge is 0 e. The van der Waals surface area contributed by atoms with Crippen molar-refractivity contribution < 1.29 is 1.43 Å². The van der Waals surface area contributed by atoms with E-state index in [4.69, 9.17) is 0 Å². The third-order valence-corrected chi connectivity index (χ3v) is 10.1. The van der Waals surface area contributed by atoms with Gasteiger partial charge < -0.3 is 0 Å². The van der Waals surface area contributed by atoms with Crippen molar-refractivity contribution in [3.63, 3.8) is 0 Å². The van der Waals surface area contributed by atoms with E-state index in [1.165, 1.54) is 88.2 Å². The largest absolute Gasteiger partial charge is 0.0798 e. The molecule has 1 aromatic rings. The molecule has 0 nitrogen and oxygen atoms in total. The lowest BCUT2D eigenvalue weighted by molar-refractivity contribution is 0.332. The molecule has 3 rings (SSSR count). The Labute approximate surface area is 246 Å². The van der Waals surface area contributed by atoms with Gasteiger partial charge in [-0.2, -0.15) is 0 Å². The molecule has 0 aliphatic heterocycles. The van der Waals surface area contributed by atoms with Gasteiger partial charge in [-0.25, -0.2) is 0 Å². The zero-order chi connectivity index (χ0) is 29.1. The van der Waals surface area contributed by atoms with E-state index >= 15 is 0 Å². The van der Waals surface area contributed by atoms with Crippen LogP contribution < -0.4 is 0 Å². The van der Waals surface area contributed by atoms with Crippen LogP contribution in [0.5, 0.6) is 0 Å². The monoisotopic (exact) mass is 535 g/mol. The minimum Gasteiger partial charge on any atom is -0.0798 e. The van der Waals surface area contributed by atoms with Gasteiger partial charge in [0.25, 0.3) is 0 Å². The first-order chi connectivity index (χ1) is 18.6. The molecular formula is C39H66. The SMILES string of the molecule is C/C=C(/C=C\C=C(/C)C1CCCC(CC[C@@H](CC)CCC)CC1)c1ccc2c(c1)C(C)(C)CCC2(C)C.CC.[HH]. The van der Waals surface area contributed by atoms with Crippen molar-refractivity contribution in [1.29, 1.82) is 0 Å². The molecule has 1 aromatic carbocycles. The van der Waals surface area contributed by atoms with Crippen LogP contribution in [-0.4, -0.2) is 0 Å².